The first-order valence-electron chi connectivity index (χ1n) is 11.0. The number of nitrogens with one attached hydrogen (secondary N) is 2. The Morgan fingerprint density at radius 1 is 0.757 bits per heavy atom. The molecular formula is C26H24N4O6S. The average Bonchev–Trinajstić information content (AvgIpc) is 3.40. The molecule has 4 rings (SSSR count). The van der Waals surface area contributed by atoms with E-state index in [0.717, 1.165) is 11.3 Å². The molecule has 0 atom stereocenters. The molecule has 0 spiro atoms. The van der Waals surface area contributed by atoms with Gasteiger partial charge in [-0.25, -0.2) is 0 Å². The van der Waals surface area contributed by atoms with Crippen LogP contribution in [0.5, 0.6) is 23.0 Å². The van der Waals surface area contributed by atoms with Gasteiger partial charge < -0.3 is 24.3 Å². The number of nitrogens with zero attached hydrogens (tertiary/aromatic N) is 2. The highest BCUT2D eigenvalue weighted by molar-refractivity contribution is 7.18. The topological polar surface area (TPSA) is 121 Å². The van der Waals surface area contributed by atoms with E-state index in [-0.39, 0.29) is 11.1 Å². The van der Waals surface area contributed by atoms with Gasteiger partial charge in [0.1, 0.15) is 10.8 Å². The largest absolute Gasteiger partial charge is 0.497 e. The molecule has 190 valence electrons. The molecule has 2 amide bonds. The van der Waals surface area contributed by atoms with E-state index < -0.39 is 11.8 Å². The molecule has 11 heteroatoms. The van der Waals surface area contributed by atoms with Gasteiger partial charge in [-0.1, -0.05) is 23.5 Å². The SMILES string of the molecule is COc1ccc(-c2nnc(NC(=O)c3ccccc3NC(=O)c3cc(OC)c(OC)c(OC)c3)s2)cc1. The summed E-state index contributed by atoms with van der Waals surface area (Å²) in [4.78, 5) is 26.1. The van der Waals surface area contributed by atoms with Gasteiger partial charge in [0, 0.05) is 11.1 Å². The molecule has 37 heavy (non-hydrogen) atoms. The lowest BCUT2D eigenvalue weighted by molar-refractivity contribution is 0.102. The molecule has 0 aliphatic heterocycles. The lowest BCUT2D eigenvalue weighted by Crippen LogP contribution is -2.18. The summed E-state index contributed by atoms with van der Waals surface area (Å²) in [5.74, 6) is 0.860. The summed E-state index contributed by atoms with van der Waals surface area (Å²) < 4.78 is 21.1. The molecule has 0 saturated carbocycles. The zero-order valence-electron chi connectivity index (χ0n) is 20.5. The van der Waals surface area contributed by atoms with Crippen LogP contribution in [0.3, 0.4) is 0 Å². The van der Waals surface area contributed by atoms with Crippen LogP contribution < -0.4 is 29.6 Å². The molecule has 0 fully saturated rings. The Balaban J connectivity index is 1.52. The first-order chi connectivity index (χ1) is 18.0. The van der Waals surface area contributed by atoms with Crippen molar-refractivity contribution in [3.8, 4) is 33.6 Å². The molecule has 0 bridgehead atoms. The van der Waals surface area contributed by atoms with Crippen molar-refractivity contribution in [2.75, 3.05) is 39.1 Å². The van der Waals surface area contributed by atoms with Crippen LogP contribution in [0.1, 0.15) is 20.7 Å². The minimum absolute atomic E-state index is 0.254. The highest BCUT2D eigenvalue weighted by Crippen LogP contribution is 2.38. The number of methoxy groups -OCH3 is 4. The number of aromatic nitrogens is 2. The lowest BCUT2D eigenvalue weighted by atomic mass is 10.1. The monoisotopic (exact) mass is 520 g/mol. The Kier molecular flexibility index (Phi) is 7.84. The molecular weight excluding hydrogens is 496 g/mol. The third-order valence-electron chi connectivity index (χ3n) is 5.33. The standard InChI is InChI=1S/C26H24N4O6S/c1-33-17-11-9-15(10-12-17)25-29-30-26(37-25)28-24(32)18-7-5-6-8-19(18)27-23(31)16-13-20(34-2)22(36-4)21(14-16)35-3/h5-14H,1-4H3,(H,27,31)(H,28,30,32). The van der Waals surface area contributed by atoms with Crippen molar-refractivity contribution in [2.24, 2.45) is 0 Å². The Morgan fingerprint density at radius 2 is 1.43 bits per heavy atom. The summed E-state index contributed by atoms with van der Waals surface area (Å²) in [7, 11) is 6.00. The minimum atomic E-state index is -0.461. The van der Waals surface area contributed by atoms with Crippen molar-refractivity contribution in [1.82, 2.24) is 10.2 Å². The number of carbonyl (C=O) groups is 2. The second kappa shape index (κ2) is 11.4. The molecule has 0 aliphatic carbocycles. The van der Waals surface area contributed by atoms with Crippen LogP contribution in [0.15, 0.2) is 60.7 Å². The molecule has 10 nitrogen and oxygen atoms in total. The van der Waals surface area contributed by atoms with Crippen LogP contribution in [0.2, 0.25) is 0 Å². The smallest absolute Gasteiger partial charge is 0.259 e. The van der Waals surface area contributed by atoms with Gasteiger partial charge in [0.25, 0.3) is 11.8 Å². The Labute approximate surface area is 217 Å². The van der Waals surface area contributed by atoms with Gasteiger partial charge in [-0.2, -0.15) is 0 Å². The van der Waals surface area contributed by atoms with E-state index in [1.54, 1.807) is 31.4 Å². The first-order valence-corrected chi connectivity index (χ1v) is 11.8. The Hall–Kier alpha value is -4.64. The number of amides is 2. The van der Waals surface area contributed by atoms with Gasteiger partial charge in [-0.15, -0.1) is 10.2 Å². The van der Waals surface area contributed by atoms with Crippen molar-refractivity contribution in [2.45, 2.75) is 0 Å². The number of carbonyl (C=O) groups excluding carboxylic acids is 2. The third kappa shape index (κ3) is 5.62. The number of ether oxygens (including phenoxy) is 4. The summed E-state index contributed by atoms with van der Waals surface area (Å²) in [6, 6.07) is 17.1. The molecule has 3 aromatic carbocycles. The van der Waals surface area contributed by atoms with E-state index in [0.29, 0.717) is 33.1 Å². The predicted molar refractivity (Wildman–Crippen MR) is 140 cm³/mol. The van der Waals surface area contributed by atoms with Crippen molar-refractivity contribution < 1.29 is 28.5 Å². The quantitative estimate of drug-likeness (QED) is 0.325. The number of anilines is 2. The summed E-state index contributed by atoms with van der Waals surface area (Å²) in [5.41, 5.74) is 1.68. The fourth-order valence-corrected chi connectivity index (χ4v) is 4.23. The van der Waals surface area contributed by atoms with Crippen LogP contribution in [-0.4, -0.2) is 50.5 Å². The van der Waals surface area contributed by atoms with E-state index in [2.05, 4.69) is 20.8 Å². The number of benzene rings is 3. The van der Waals surface area contributed by atoms with Crippen molar-refractivity contribution in [3.63, 3.8) is 0 Å². The zero-order valence-corrected chi connectivity index (χ0v) is 21.3. The number of hydrogen-bond donors (Lipinski definition) is 2. The van der Waals surface area contributed by atoms with Crippen molar-refractivity contribution >= 4 is 34.0 Å². The van der Waals surface area contributed by atoms with Gasteiger partial charge in [0.15, 0.2) is 11.5 Å². The summed E-state index contributed by atoms with van der Waals surface area (Å²) in [6.07, 6.45) is 0. The molecule has 1 heterocycles. The van der Waals surface area contributed by atoms with E-state index in [4.69, 9.17) is 18.9 Å². The number of rotatable bonds is 9. The Morgan fingerprint density at radius 3 is 2.05 bits per heavy atom. The van der Waals surface area contributed by atoms with Crippen LogP contribution >= 0.6 is 11.3 Å². The van der Waals surface area contributed by atoms with E-state index >= 15 is 0 Å². The second-order valence-electron chi connectivity index (χ2n) is 7.51. The molecule has 0 saturated heterocycles. The average molecular weight is 521 g/mol. The normalized spacial score (nSPS) is 10.4. The maximum absolute atomic E-state index is 13.1. The maximum Gasteiger partial charge on any atom is 0.259 e. The summed E-state index contributed by atoms with van der Waals surface area (Å²) in [6.45, 7) is 0. The minimum Gasteiger partial charge on any atom is -0.497 e. The molecule has 4 aromatic rings. The summed E-state index contributed by atoms with van der Waals surface area (Å²) in [5, 5.41) is 14.7. The first kappa shape index (κ1) is 25.5. The highest BCUT2D eigenvalue weighted by Gasteiger charge is 2.20. The molecule has 0 unspecified atom stereocenters. The van der Waals surface area contributed by atoms with E-state index in [1.807, 2.05) is 24.3 Å². The van der Waals surface area contributed by atoms with Crippen LogP contribution in [0, 0.1) is 0 Å². The lowest BCUT2D eigenvalue weighted by Gasteiger charge is -2.15. The van der Waals surface area contributed by atoms with Gasteiger partial charge in [0.05, 0.1) is 39.7 Å². The fraction of sp³-hybridized carbons (Fsp3) is 0.154. The van der Waals surface area contributed by atoms with E-state index in [9.17, 15) is 9.59 Å². The second-order valence-corrected chi connectivity index (χ2v) is 8.49. The van der Waals surface area contributed by atoms with Crippen molar-refractivity contribution in [1.29, 1.82) is 0 Å². The van der Waals surface area contributed by atoms with Gasteiger partial charge in [-0.05, 0) is 48.5 Å². The van der Waals surface area contributed by atoms with Crippen LogP contribution in [0.4, 0.5) is 10.8 Å². The fourth-order valence-electron chi connectivity index (χ4n) is 3.49. The number of hydrogen-bond acceptors (Lipinski definition) is 9. The molecule has 0 radical (unpaired) electrons. The molecule has 2 N–H and O–H groups in total. The highest BCUT2D eigenvalue weighted by atomic mass is 32.1. The van der Waals surface area contributed by atoms with Gasteiger partial charge >= 0.3 is 0 Å². The third-order valence-corrected chi connectivity index (χ3v) is 6.22. The van der Waals surface area contributed by atoms with Crippen LogP contribution in [0.25, 0.3) is 10.6 Å². The Bertz CT molecular complexity index is 1400. The predicted octanol–water partition coefficient (Wildman–Crippen LogP) is 4.74. The van der Waals surface area contributed by atoms with Gasteiger partial charge in [-0.3, -0.25) is 14.9 Å². The molecule has 1 aromatic heterocycles. The van der Waals surface area contributed by atoms with Gasteiger partial charge in [0.2, 0.25) is 10.9 Å². The van der Waals surface area contributed by atoms with E-state index in [1.165, 1.54) is 44.8 Å². The summed E-state index contributed by atoms with van der Waals surface area (Å²) >= 11 is 1.23. The maximum atomic E-state index is 13.1. The molecule has 0 aliphatic rings. The van der Waals surface area contributed by atoms with Crippen molar-refractivity contribution in [3.05, 3.63) is 71.8 Å². The van der Waals surface area contributed by atoms with Crippen LogP contribution in [-0.2, 0) is 0 Å². The zero-order chi connectivity index (χ0) is 26.4. The number of para-hydroxylation sites is 1.